The first-order valence-corrected chi connectivity index (χ1v) is 5.30. The summed E-state index contributed by atoms with van der Waals surface area (Å²) in [5.41, 5.74) is 6.57. The molecule has 2 aliphatic rings. The number of fused-ring (bicyclic) bond motifs is 1. The Morgan fingerprint density at radius 1 is 1.57 bits per heavy atom. The predicted octanol–water partition coefficient (Wildman–Crippen LogP) is 3.28. The number of hydrogen-bond acceptors (Lipinski definition) is 1. The van der Waals surface area contributed by atoms with Gasteiger partial charge >= 0.3 is 0 Å². The molecule has 0 saturated heterocycles. The number of nitrogens with two attached hydrogens (primary N) is 1. The van der Waals surface area contributed by atoms with E-state index in [9.17, 15) is 0 Å². The first kappa shape index (κ1) is 9.88. The second-order valence-electron chi connectivity index (χ2n) is 3.61. The average Bonchev–Trinajstić information content (AvgIpc) is 2.86. The Kier molecular flexibility index (Phi) is 2.71. The lowest BCUT2D eigenvalue weighted by atomic mass is 10.1. The maximum Gasteiger partial charge on any atom is 0.0991 e. The van der Waals surface area contributed by atoms with Gasteiger partial charge < -0.3 is 5.73 Å². The largest absolute Gasteiger partial charge is 0.389 e. The van der Waals surface area contributed by atoms with Gasteiger partial charge in [-0.15, -0.1) is 0 Å². The molecule has 2 unspecified atom stereocenters. The van der Waals surface area contributed by atoms with E-state index >= 15 is 0 Å². The molecular weight excluding hydrogens is 217 g/mol. The zero-order valence-electron chi connectivity index (χ0n) is 7.58. The summed E-state index contributed by atoms with van der Waals surface area (Å²) in [7, 11) is 0. The number of halogens is 2. The van der Waals surface area contributed by atoms with Crippen molar-refractivity contribution in [3.63, 3.8) is 0 Å². The molecule has 1 fully saturated rings. The Bertz CT molecular complexity index is 359. The summed E-state index contributed by atoms with van der Waals surface area (Å²) in [5.74, 6) is 1.26. The van der Waals surface area contributed by atoms with Gasteiger partial charge in [0, 0.05) is 5.03 Å². The van der Waals surface area contributed by atoms with Crippen LogP contribution in [0.3, 0.4) is 0 Å². The topological polar surface area (TPSA) is 26.0 Å². The predicted molar refractivity (Wildman–Crippen MR) is 60.9 cm³/mol. The average molecular weight is 228 g/mol. The molecule has 0 radical (unpaired) electrons. The van der Waals surface area contributed by atoms with Crippen molar-refractivity contribution in [2.24, 2.45) is 17.6 Å². The summed E-state index contributed by atoms with van der Waals surface area (Å²) in [6.07, 6.45) is 11.0. The van der Waals surface area contributed by atoms with Crippen LogP contribution in [0, 0.1) is 11.8 Å². The fraction of sp³-hybridized carbons (Fsp3) is 0.273. The summed E-state index contributed by atoms with van der Waals surface area (Å²) in [6, 6.07) is 0. The highest BCUT2D eigenvalue weighted by Crippen LogP contribution is 2.47. The van der Waals surface area contributed by atoms with Crippen LogP contribution in [-0.2, 0) is 0 Å². The smallest absolute Gasteiger partial charge is 0.0991 e. The molecule has 0 spiro atoms. The van der Waals surface area contributed by atoms with E-state index in [2.05, 4.69) is 6.08 Å². The summed E-state index contributed by atoms with van der Waals surface area (Å²) in [4.78, 5) is 0. The fourth-order valence-corrected chi connectivity index (χ4v) is 1.95. The summed E-state index contributed by atoms with van der Waals surface area (Å²) in [6.45, 7) is 0. The molecule has 3 heteroatoms. The van der Waals surface area contributed by atoms with E-state index in [1.54, 1.807) is 6.08 Å². The fourth-order valence-electron chi connectivity index (χ4n) is 1.69. The maximum absolute atomic E-state index is 5.97. The summed E-state index contributed by atoms with van der Waals surface area (Å²) in [5, 5.41) is 1.07. The van der Waals surface area contributed by atoms with E-state index in [1.807, 2.05) is 18.2 Å². The molecule has 74 valence electrons. The van der Waals surface area contributed by atoms with E-state index < -0.39 is 0 Å². The standard InChI is InChI=1S/C11H11Cl2N/c12-9-3-1-8-6-10(8)7(5-9)2-4-11(13)14/h1-5,8,10H,6,14H2/b7-2-,11-4-. The molecule has 0 aromatic rings. The van der Waals surface area contributed by atoms with Gasteiger partial charge in [-0.2, -0.15) is 0 Å². The molecule has 0 amide bonds. The Labute approximate surface area is 93.6 Å². The molecule has 0 aromatic heterocycles. The van der Waals surface area contributed by atoms with Gasteiger partial charge in [0.1, 0.15) is 0 Å². The van der Waals surface area contributed by atoms with Crippen molar-refractivity contribution < 1.29 is 0 Å². The third-order valence-electron chi connectivity index (χ3n) is 2.51. The number of rotatable bonds is 1. The number of allylic oxidation sites excluding steroid dienone is 7. The zero-order chi connectivity index (χ0) is 10.1. The Balaban J connectivity index is 2.23. The second kappa shape index (κ2) is 3.84. The minimum Gasteiger partial charge on any atom is -0.389 e. The van der Waals surface area contributed by atoms with E-state index in [4.69, 9.17) is 28.9 Å². The van der Waals surface area contributed by atoms with Crippen LogP contribution in [0.4, 0.5) is 0 Å². The molecule has 0 bridgehead atoms. The second-order valence-corrected chi connectivity index (χ2v) is 4.49. The van der Waals surface area contributed by atoms with Crippen molar-refractivity contribution in [1.82, 2.24) is 0 Å². The quantitative estimate of drug-likeness (QED) is 0.684. The Hall–Kier alpha value is -0.660. The van der Waals surface area contributed by atoms with Gasteiger partial charge in [0.2, 0.25) is 0 Å². The lowest BCUT2D eigenvalue weighted by molar-refractivity contribution is 0.959. The van der Waals surface area contributed by atoms with Crippen molar-refractivity contribution >= 4 is 23.2 Å². The van der Waals surface area contributed by atoms with Crippen molar-refractivity contribution in [2.45, 2.75) is 6.42 Å². The van der Waals surface area contributed by atoms with Gasteiger partial charge in [-0.3, -0.25) is 0 Å². The van der Waals surface area contributed by atoms with E-state index in [0.29, 0.717) is 17.0 Å². The Morgan fingerprint density at radius 3 is 3.07 bits per heavy atom. The van der Waals surface area contributed by atoms with Crippen LogP contribution >= 0.6 is 23.2 Å². The number of hydrogen-bond donors (Lipinski definition) is 1. The third kappa shape index (κ3) is 2.23. The molecule has 1 saturated carbocycles. The van der Waals surface area contributed by atoms with Crippen LogP contribution in [0.2, 0.25) is 0 Å². The van der Waals surface area contributed by atoms with Crippen molar-refractivity contribution in [1.29, 1.82) is 0 Å². The van der Waals surface area contributed by atoms with Gasteiger partial charge in [-0.05, 0) is 42.1 Å². The van der Waals surface area contributed by atoms with Crippen molar-refractivity contribution in [3.8, 4) is 0 Å². The van der Waals surface area contributed by atoms with E-state index in [1.165, 1.54) is 12.0 Å². The molecule has 2 N–H and O–H groups in total. The molecule has 0 heterocycles. The molecule has 14 heavy (non-hydrogen) atoms. The summed E-state index contributed by atoms with van der Waals surface area (Å²) >= 11 is 11.5. The molecule has 2 atom stereocenters. The van der Waals surface area contributed by atoms with Crippen LogP contribution in [0.5, 0.6) is 0 Å². The maximum atomic E-state index is 5.97. The van der Waals surface area contributed by atoms with E-state index in [-0.39, 0.29) is 0 Å². The minimum atomic E-state index is 0.302. The normalized spacial score (nSPS) is 33.7. The van der Waals surface area contributed by atoms with Gasteiger partial charge in [-0.1, -0.05) is 35.4 Å². The highest BCUT2D eigenvalue weighted by molar-refractivity contribution is 6.31. The molecule has 0 aliphatic heterocycles. The van der Waals surface area contributed by atoms with Crippen molar-refractivity contribution in [3.05, 3.63) is 46.1 Å². The zero-order valence-corrected chi connectivity index (χ0v) is 9.09. The van der Waals surface area contributed by atoms with Gasteiger partial charge in [-0.25, -0.2) is 0 Å². The van der Waals surface area contributed by atoms with Crippen LogP contribution < -0.4 is 5.73 Å². The van der Waals surface area contributed by atoms with Gasteiger partial charge in [0.05, 0.1) is 5.16 Å². The Morgan fingerprint density at radius 2 is 2.36 bits per heavy atom. The monoisotopic (exact) mass is 227 g/mol. The van der Waals surface area contributed by atoms with Gasteiger partial charge in [0.25, 0.3) is 0 Å². The lowest BCUT2D eigenvalue weighted by Gasteiger charge is -1.97. The SMILES string of the molecule is N/C(Cl)=C\C=C1\C=C(Cl)C=CC2CC12. The molecule has 0 aromatic carbocycles. The van der Waals surface area contributed by atoms with E-state index in [0.717, 1.165) is 5.03 Å². The van der Waals surface area contributed by atoms with Crippen LogP contribution in [0.25, 0.3) is 0 Å². The van der Waals surface area contributed by atoms with Crippen molar-refractivity contribution in [2.75, 3.05) is 0 Å². The van der Waals surface area contributed by atoms with Crippen LogP contribution in [0.15, 0.2) is 46.1 Å². The van der Waals surface area contributed by atoms with Gasteiger partial charge in [0.15, 0.2) is 0 Å². The lowest BCUT2D eigenvalue weighted by Crippen LogP contribution is -1.87. The molecule has 2 aliphatic carbocycles. The molecule has 2 rings (SSSR count). The first-order chi connectivity index (χ1) is 6.66. The summed E-state index contributed by atoms with van der Waals surface area (Å²) < 4.78 is 0. The third-order valence-corrected chi connectivity index (χ3v) is 2.87. The minimum absolute atomic E-state index is 0.302. The first-order valence-electron chi connectivity index (χ1n) is 4.55. The highest BCUT2D eigenvalue weighted by atomic mass is 35.5. The van der Waals surface area contributed by atoms with Crippen LogP contribution in [-0.4, -0.2) is 0 Å². The molecule has 1 nitrogen and oxygen atoms in total. The van der Waals surface area contributed by atoms with Crippen LogP contribution in [0.1, 0.15) is 6.42 Å². The molecular formula is C11H11Cl2N. The highest BCUT2D eigenvalue weighted by Gasteiger charge is 2.37.